The zero-order valence-corrected chi connectivity index (χ0v) is 15.1. The monoisotopic (exact) mass is 347 g/mol. The van der Waals surface area contributed by atoms with E-state index in [1.165, 1.54) is 11.3 Å². The van der Waals surface area contributed by atoms with Crippen LogP contribution in [0.1, 0.15) is 28.4 Å². The summed E-state index contributed by atoms with van der Waals surface area (Å²) in [6.45, 7) is 7.03. The highest BCUT2D eigenvalue weighted by Gasteiger charge is 2.08. The normalized spacial score (nSPS) is 9.96. The number of anilines is 1. The van der Waals surface area contributed by atoms with Crippen molar-refractivity contribution in [2.75, 3.05) is 24.5 Å². The molecular weight excluding hydrogens is 322 g/mol. The molecule has 24 heavy (non-hydrogen) atoms. The lowest BCUT2D eigenvalue weighted by Crippen LogP contribution is -2.35. The molecule has 0 aliphatic rings. The summed E-state index contributed by atoms with van der Waals surface area (Å²) in [6.07, 6.45) is 0. The van der Waals surface area contributed by atoms with Gasteiger partial charge in [-0.3, -0.25) is 4.79 Å². The van der Waals surface area contributed by atoms with Crippen LogP contribution in [0.15, 0.2) is 48.5 Å². The Morgan fingerprint density at radius 2 is 1.79 bits per heavy atom. The standard InChI is InChI=1S/C19H25N3O.ClH/c1-3-22(18-7-5-4-6-15(18)2)13-12-21-19(23)17-10-8-16(14-20)9-11-17;/h4-11H,3,12-14,20H2,1-2H3,(H,21,23);1H. The first-order chi connectivity index (χ1) is 11.2. The van der Waals surface area contributed by atoms with E-state index in [9.17, 15) is 4.79 Å². The van der Waals surface area contributed by atoms with Crippen LogP contribution >= 0.6 is 12.4 Å². The third-order valence-corrected chi connectivity index (χ3v) is 3.96. The molecular formula is C19H26ClN3O. The highest BCUT2D eigenvalue weighted by Crippen LogP contribution is 2.18. The summed E-state index contributed by atoms with van der Waals surface area (Å²) in [6, 6.07) is 15.7. The van der Waals surface area contributed by atoms with E-state index in [1.807, 2.05) is 36.4 Å². The highest BCUT2D eigenvalue weighted by molar-refractivity contribution is 5.94. The van der Waals surface area contributed by atoms with Gasteiger partial charge in [0.2, 0.25) is 0 Å². The average molecular weight is 348 g/mol. The van der Waals surface area contributed by atoms with Crippen LogP contribution in [-0.2, 0) is 6.54 Å². The lowest BCUT2D eigenvalue weighted by molar-refractivity contribution is 0.0954. The Labute approximate surface area is 150 Å². The molecule has 2 rings (SSSR count). The van der Waals surface area contributed by atoms with Gasteiger partial charge in [0.05, 0.1) is 0 Å². The Balaban J connectivity index is 0.00000288. The van der Waals surface area contributed by atoms with Crippen molar-refractivity contribution in [2.45, 2.75) is 20.4 Å². The van der Waals surface area contributed by atoms with Gasteiger partial charge in [0, 0.05) is 37.4 Å². The van der Waals surface area contributed by atoms with Gasteiger partial charge in [-0.25, -0.2) is 0 Å². The number of nitrogens with two attached hydrogens (primary N) is 1. The molecule has 0 saturated heterocycles. The van der Waals surface area contributed by atoms with Crippen molar-refractivity contribution < 1.29 is 4.79 Å². The van der Waals surface area contributed by atoms with E-state index in [4.69, 9.17) is 5.73 Å². The van der Waals surface area contributed by atoms with E-state index >= 15 is 0 Å². The second kappa shape index (κ2) is 9.96. The molecule has 0 saturated carbocycles. The Bertz CT molecular complexity index is 643. The Kier molecular flexibility index (Phi) is 8.30. The van der Waals surface area contributed by atoms with Crippen LogP contribution in [0, 0.1) is 6.92 Å². The smallest absolute Gasteiger partial charge is 0.251 e. The quantitative estimate of drug-likeness (QED) is 0.809. The minimum Gasteiger partial charge on any atom is -0.370 e. The van der Waals surface area contributed by atoms with Crippen molar-refractivity contribution in [3.63, 3.8) is 0 Å². The van der Waals surface area contributed by atoms with Crippen molar-refractivity contribution in [3.8, 4) is 0 Å². The molecule has 0 fully saturated rings. The molecule has 1 amide bonds. The van der Waals surface area contributed by atoms with Crippen LogP contribution in [0.25, 0.3) is 0 Å². The fraction of sp³-hybridized carbons (Fsp3) is 0.316. The summed E-state index contributed by atoms with van der Waals surface area (Å²) in [5.41, 5.74) is 9.73. The van der Waals surface area contributed by atoms with E-state index in [1.54, 1.807) is 0 Å². The number of likely N-dealkylation sites (N-methyl/N-ethyl adjacent to an activating group) is 1. The molecule has 130 valence electrons. The van der Waals surface area contributed by atoms with E-state index in [0.29, 0.717) is 18.7 Å². The van der Waals surface area contributed by atoms with Crippen molar-refractivity contribution in [1.82, 2.24) is 5.32 Å². The maximum absolute atomic E-state index is 12.2. The molecule has 0 radical (unpaired) electrons. The van der Waals surface area contributed by atoms with Crippen molar-refractivity contribution in [3.05, 3.63) is 65.2 Å². The molecule has 0 bridgehead atoms. The molecule has 0 atom stereocenters. The summed E-state index contributed by atoms with van der Waals surface area (Å²) < 4.78 is 0. The van der Waals surface area contributed by atoms with Gasteiger partial charge in [0.25, 0.3) is 5.91 Å². The van der Waals surface area contributed by atoms with Crippen molar-refractivity contribution in [2.24, 2.45) is 5.73 Å². The summed E-state index contributed by atoms with van der Waals surface area (Å²) in [7, 11) is 0. The first kappa shape index (κ1) is 20.0. The number of carbonyl (C=O) groups excluding carboxylic acids is 1. The first-order valence-corrected chi connectivity index (χ1v) is 8.03. The number of aryl methyl sites for hydroxylation is 1. The predicted octanol–water partition coefficient (Wildman–Crippen LogP) is 3.13. The molecule has 2 aromatic carbocycles. The minimum atomic E-state index is -0.0468. The topological polar surface area (TPSA) is 58.4 Å². The number of nitrogens with one attached hydrogen (secondary N) is 1. The van der Waals surface area contributed by atoms with Gasteiger partial charge < -0.3 is 16.0 Å². The summed E-state index contributed by atoms with van der Waals surface area (Å²) in [5.74, 6) is -0.0468. The maximum Gasteiger partial charge on any atom is 0.251 e. The third kappa shape index (κ3) is 5.25. The highest BCUT2D eigenvalue weighted by atomic mass is 35.5. The van der Waals surface area contributed by atoms with Gasteiger partial charge in [-0.1, -0.05) is 30.3 Å². The average Bonchev–Trinajstić information content (AvgIpc) is 2.59. The number of rotatable bonds is 7. The van der Waals surface area contributed by atoms with Crippen LogP contribution < -0.4 is 16.0 Å². The Hall–Kier alpha value is -2.04. The summed E-state index contributed by atoms with van der Waals surface area (Å²) >= 11 is 0. The number of benzene rings is 2. The second-order valence-corrected chi connectivity index (χ2v) is 5.52. The molecule has 0 unspecified atom stereocenters. The molecule has 0 aliphatic heterocycles. The van der Waals surface area contributed by atoms with E-state index in [2.05, 4.69) is 36.2 Å². The number of hydrogen-bond acceptors (Lipinski definition) is 3. The van der Waals surface area contributed by atoms with E-state index in [0.717, 1.165) is 18.7 Å². The lowest BCUT2D eigenvalue weighted by atomic mass is 10.1. The van der Waals surface area contributed by atoms with Gasteiger partial charge in [-0.05, 0) is 43.2 Å². The number of nitrogens with zero attached hydrogens (tertiary/aromatic N) is 1. The zero-order chi connectivity index (χ0) is 16.7. The van der Waals surface area contributed by atoms with Crippen LogP contribution in [0.3, 0.4) is 0 Å². The van der Waals surface area contributed by atoms with Crippen molar-refractivity contribution in [1.29, 1.82) is 0 Å². The molecule has 0 aliphatic carbocycles. The molecule has 0 spiro atoms. The number of hydrogen-bond donors (Lipinski definition) is 2. The zero-order valence-electron chi connectivity index (χ0n) is 14.3. The van der Waals surface area contributed by atoms with E-state index < -0.39 is 0 Å². The maximum atomic E-state index is 12.2. The number of carbonyl (C=O) groups is 1. The third-order valence-electron chi connectivity index (χ3n) is 3.96. The van der Waals surface area contributed by atoms with Gasteiger partial charge in [-0.2, -0.15) is 0 Å². The first-order valence-electron chi connectivity index (χ1n) is 8.03. The lowest BCUT2D eigenvalue weighted by Gasteiger charge is -2.25. The van der Waals surface area contributed by atoms with Gasteiger partial charge >= 0.3 is 0 Å². The fourth-order valence-electron chi connectivity index (χ4n) is 2.57. The van der Waals surface area contributed by atoms with Crippen LogP contribution in [-0.4, -0.2) is 25.5 Å². The fourth-order valence-corrected chi connectivity index (χ4v) is 2.57. The molecule has 4 nitrogen and oxygen atoms in total. The second-order valence-electron chi connectivity index (χ2n) is 5.52. The molecule has 0 aromatic heterocycles. The Morgan fingerprint density at radius 1 is 1.12 bits per heavy atom. The summed E-state index contributed by atoms with van der Waals surface area (Å²) in [5, 5.41) is 2.98. The van der Waals surface area contributed by atoms with Gasteiger partial charge in [-0.15, -0.1) is 12.4 Å². The molecule has 3 N–H and O–H groups in total. The van der Waals surface area contributed by atoms with Crippen LogP contribution in [0.5, 0.6) is 0 Å². The van der Waals surface area contributed by atoms with Crippen molar-refractivity contribution >= 4 is 24.0 Å². The summed E-state index contributed by atoms with van der Waals surface area (Å²) in [4.78, 5) is 14.4. The van der Waals surface area contributed by atoms with E-state index in [-0.39, 0.29) is 18.3 Å². The predicted molar refractivity (Wildman–Crippen MR) is 103 cm³/mol. The SMILES string of the molecule is CCN(CCNC(=O)c1ccc(CN)cc1)c1ccccc1C.Cl. The molecule has 5 heteroatoms. The Morgan fingerprint density at radius 3 is 2.38 bits per heavy atom. The number of amides is 1. The van der Waals surface area contributed by atoms with Crippen LogP contribution in [0.4, 0.5) is 5.69 Å². The van der Waals surface area contributed by atoms with Crippen LogP contribution in [0.2, 0.25) is 0 Å². The largest absolute Gasteiger partial charge is 0.370 e. The molecule has 0 heterocycles. The number of para-hydroxylation sites is 1. The van der Waals surface area contributed by atoms with Gasteiger partial charge in [0.15, 0.2) is 0 Å². The number of halogens is 1. The van der Waals surface area contributed by atoms with Gasteiger partial charge in [0.1, 0.15) is 0 Å². The molecule has 2 aromatic rings. The minimum absolute atomic E-state index is 0.